The fourth-order valence-corrected chi connectivity index (χ4v) is 12.6. The van der Waals surface area contributed by atoms with Crippen LogP contribution in [0.4, 0.5) is 39.5 Å². The third-order valence-corrected chi connectivity index (χ3v) is 16.7. The Labute approximate surface area is 365 Å². The maximum atomic E-state index is 13.2. The van der Waals surface area contributed by atoms with E-state index in [1.807, 2.05) is 21.6 Å². The average molecular weight is 926 g/mol. The van der Waals surface area contributed by atoms with Crippen molar-refractivity contribution >= 4 is 21.6 Å². The minimum absolute atomic E-state index is 0.171. The smallest absolute Gasteiger partial charge is 0.435 e. The number of ether oxygens (including phenoxy) is 5. The number of rotatable bonds is 26. The molecule has 6 nitrogen and oxygen atoms in total. The van der Waals surface area contributed by atoms with Crippen molar-refractivity contribution in [2.75, 3.05) is 73.1 Å². The van der Waals surface area contributed by atoms with Crippen molar-refractivity contribution in [3.8, 4) is 5.75 Å². The number of benzene rings is 1. The van der Waals surface area contributed by atoms with Gasteiger partial charge in [0, 0.05) is 43.8 Å². The molecule has 0 aliphatic heterocycles. The van der Waals surface area contributed by atoms with E-state index in [4.69, 9.17) is 18.9 Å². The largest absolute Gasteiger partial charge is 0.492 e. The molecule has 0 N–H and O–H groups in total. The normalized spacial score (nSPS) is 23.7. The van der Waals surface area contributed by atoms with Crippen LogP contribution >= 0.6 is 21.6 Å². The van der Waals surface area contributed by atoms with Crippen LogP contribution in [0.3, 0.4) is 0 Å². The highest BCUT2D eigenvalue weighted by Crippen LogP contribution is 2.62. The number of unbranched alkanes of at least 4 members (excludes halogenated alkanes) is 3. The number of methoxy groups -OCH3 is 2. The molecule has 354 valence electrons. The van der Waals surface area contributed by atoms with E-state index >= 15 is 0 Å². The van der Waals surface area contributed by atoms with E-state index in [0.717, 1.165) is 82.8 Å². The summed E-state index contributed by atoms with van der Waals surface area (Å²) in [5, 5.41) is 0. The Balaban J connectivity index is 1.15. The molecule has 0 spiro atoms. The number of likely N-dealkylation sites (N-methyl/N-ethyl adjacent to an activating group) is 1. The second-order valence-corrected chi connectivity index (χ2v) is 21.3. The van der Waals surface area contributed by atoms with Crippen LogP contribution in [0.25, 0.3) is 0 Å². The summed E-state index contributed by atoms with van der Waals surface area (Å²) in [7, 11) is 9.59. The Hall–Kier alpha value is -1.11. The molecule has 1 aromatic carbocycles. The van der Waals surface area contributed by atoms with E-state index in [0.29, 0.717) is 36.7 Å². The second-order valence-electron chi connectivity index (χ2n) is 18.2. The monoisotopic (exact) mass is 925 g/mol. The summed E-state index contributed by atoms with van der Waals surface area (Å²) in [6, 6.07) is 6.42. The van der Waals surface area contributed by atoms with E-state index < -0.39 is 37.2 Å². The summed E-state index contributed by atoms with van der Waals surface area (Å²) < 4.78 is 146. The molecule has 0 saturated heterocycles. The van der Waals surface area contributed by atoms with Crippen molar-refractivity contribution in [1.82, 2.24) is 4.90 Å². The van der Waals surface area contributed by atoms with Gasteiger partial charge in [0.2, 0.25) is 0 Å². The van der Waals surface area contributed by atoms with Crippen LogP contribution in [0.2, 0.25) is 0 Å². The van der Waals surface area contributed by atoms with Crippen LogP contribution in [0.1, 0.15) is 115 Å². The summed E-state index contributed by atoms with van der Waals surface area (Å²) in [5.74, 6) is 3.57. The number of nitrogens with zero attached hydrogens (tertiary/aromatic N) is 1. The van der Waals surface area contributed by atoms with Gasteiger partial charge in [0.05, 0.1) is 25.9 Å². The van der Waals surface area contributed by atoms with Gasteiger partial charge in [-0.1, -0.05) is 53.8 Å². The highest BCUT2D eigenvalue weighted by Gasteiger charge is 2.85. The lowest BCUT2D eigenvalue weighted by atomic mass is 9.55. The second kappa shape index (κ2) is 22.9. The Morgan fingerprint density at radius 1 is 0.803 bits per heavy atom. The van der Waals surface area contributed by atoms with Gasteiger partial charge in [-0.15, -0.1) is 0 Å². The highest BCUT2D eigenvalue weighted by atomic mass is 33.1. The van der Waals surface area contributed by atoms with Crippen LogP contribution in [-0.4, -0.2) is 113 Å². The first-order valence-corrected chi connectivity index (χ1v) is 24.1. The topological polar surface area (TPSA) is 49.4 Å². The van der Waals surface area contributed by atoms with Gasteiger partial charge in [0.25, 0.3) is 0 Å². The predicted octanol–water partition coefficient (Wildman–Crippen LogP) is 12.5. The third kappa shape index (κ3) is 13.7. The Morgan fingerprint density at radius 3 is 2.13 bits per heavy atom. The molecule has 2 fully saturated rings. The van der Waals surface area contributed by atoms with Gasteiger partial charge in [-0.05, 0) is 138 Å². The van der Waals surface area contributed by atoms with E-state index in [-0.39, 0.29) is 22.9 Å². The van der Waals surface area contributed by atoms with Gasteiger partial charge in [0.15, 0.2) is 0 Å². The zero-order chi connectivity index (χ0) is 45.1. The minimum atomic E-state index is -6.74. The number of alkyl halides is 9. The van der Waals surface area contributed by atoms with Crippen molar-refractivity contribution in [2.45, 2.75) is 145 Å². The van der Waals surface area contributed by atoms with Gasteiger partial charge in [-0.3, -0.25) is 0 Å². The van der Waals surface area contributed by atoms with E-state index in [1.54, 1.807) is 14.2 Å². The first kappa shape index (κ1) is 52.5. The van der Waals surface area contributed by atoms with Crippen molar-refractivity contribution in [3.05, 3.63) is 29.3 Å². The Morgan fingerprint density at radius 2 is 1.48 bits per heavy atom. The lowest BCUT2D eigenvalue weighted by Crippen LogP contribution is -2.67. The van der Waals surface area contributed by atoms with Crippen LogP contribution in [-0.2, 0) is 25.4 Å². The number of aryl methyl sites for hydroxylation is 1. The van der Waals surface area contributed by atoms with Crippen LogP contribution < -0.4 is 4.74 Å². The molecule has 0 radical (unpaired) electrons. The molecule has 5 unspecified atom stereocenters. The van der Waals surface area contributed by atoms with Crippen LogP contribution in [0.5, 0.6) is 5.75 Å². The number of halogens is 9. The quantitative estimate of drug-likeness (QED) is 0.0517. The molecule has 17 heteroatoms. The molecule has 0 heterocycles. The van der Waals surface area contributed by atoms with Crippen LogP contribution in [0.15, 0.2) is 18.2 Å². The highest BCUT2D eigenvalue weighted by molar-refractivity contribution is 8.77. The van der Waals surface area contributed by atoms with Crippen molar-refractivity contribution in [2.24, 2.45) is 23.2 Å². The first-order chi connectivity index (χ1) is 28.6. The maximum Gasteiger partial charge on any atom is 0.435 e. The summed E-state index contributed by atoms with van der Waals surface area (Å²) in [6.45, 7) is 8.93. The Kier molecular flexibility index (Phi) is 19.7. The Bertz CT molecular complexity index is 1420. The number of hydrogen-bond donors (Lipinski definition) is 0. The molecule has 2 saturated carbocycles. The molecule has 61 heavy (non-hydrogen) atoms. The number of fused-ring (bicyclic) bond motifs is 5. The minimum Gasteiger partial charge on any atom is -0.492 e. The third-order valence-electron chi connectivity index (χ3n) is 13.3. The first-order valence-electron chi connectivity index (χ1n) is 21.8. The molecule has 3 aliphatic carbocycles. The van der Waals surface area contributed by atoms with Gasteiger partial charge in [-0.2, -0.15) is 39.5 Å². The molecular formula is C44H68F9NO5S2. The number of hydrogen-bond acceptors (Lipinski definition) is 8. The van der Waals surface area contributed by atoms with Gasteiger partial charge in [0.1, 0.15) is 12.4 Å². The molecule has 1 aromatic rings. The standard InChI is InChI=1S/C44H68F9NO5S2/c1-39(2,61-60-27-10-8-7-9-12-31(29-55-5)30-56-6)21-22-54(4)23-26-57-33-14-16-34-32(28-33)13-15-36-35(34)19-20-40(3)37(36)17-18-38(40)58-24-11-25-59-41(42(45,46)47,43(48,49)50)44(51,52)53/h14,16,28,31,35-38H,7-13,15,17-27,29-30H2,1-6H3. The van der Waals surface area contributed by atoms with Gasteiger partial charge < -0.3 is 28.6 Å². The summed E-state index contributed by atoms with van der Waals surface area (Å²) in [6.07, 6.45) is -8.75. The van der Waals surface area contributed by atoms with Gasteiger partial charge in [-0.25, -0.2) is 0 Å². The lowest BCUT2D eigenvalue weighted by molar-refractivity contribution is -0.457. The average Bonchev–Trinajstić information content (AvgIpc) is 3.50. The fourth-order valence-electron chi connectivity index (χ4n) is 9.88. The molecule has 0 aromatic heterocycles. The fraction of sp³-hybridized carbons (Fsp3) is 0.864. The van der Waals surface area contributed by atoms with E-state index in [2.05, 4.69) is 55.7 Å². The lowest BCUT2D eigenvalue weighted by Gasteiger charge is -2.50. The molecular weight excluding hydrogens is 858 g/mol. The summed E-state index contributed by atoms with van der Waals surface area (Å²) in [4.78, 5) is 2.32. The SMILES string of the molecule is COCC(CCCCCCSSC(C)(C)CCN(C)CCOc1ccc2c(c1)CCC1C2CCC2(C)C(OCCCOC(C(F)(F)F)(C(F)(F)F)C(F)(F)F)CCC12)COC. The molecule has 0 bridgehead atoms. The molecule has 4 rings (SSSR count). The van der Waals surface area contributed by atoms with Crippen LogP contribution in [0, 0.1) is 23.2 Å². The van der Waals surface area contributed by atoms with E-state index in [9.17, 15) is 39.5 Å². The zero-order valence-electron chi connectivity index (χ0n) is 36.7. The molecule has 0 amide bonds. The predicted molar refractivity (Wildman–Crippen MR) is 224 cm³/mol. The maximum absolute atomic E-state index is 13.2. The molecule has 3 aliphatic rings. The van der Waals surface area contributed by atoms with Crippen molar-refractivity contribution in [3.63, 3.8) is 0 Å². The zero-order valence-corrected chi connectivity index (χ0v) is 38.3. The molecule has 5 atom stereocenters. The summed E-state index contributed by atoms with van der Waals surface area (Å²) in [5.41, 5.74) is -3.89. The van der Waals surface area contributed by atoms with Gasteiger partial charge >= 0.3 is 24.1 Å². The van der Waals surface area contributed by atoms with Crippen molar-refractivity contribution in [1.29, 1.82) is 0 Å². The summed E-state index contributed by atoms with van der Waals surface area (Å²) >= 11 is 0. The van der Waals surface area contributed by atoms with E-state index in [1.165, 1.54) is 36.8 Å². The van der Waals surface area contributed by atoms with Crippen molar-refractivity contribution < 1.29 is 63.2 Å².